The molecule has 2 fully saturated rings. The van der Waals surface area contributed by atoms with Crippen molar-refractivity contribution in [2.75, 3.05) is 6.54 Å². The third kappa shape index (κ3) is 6.09. The summed E-state index contributed by atoms with van der Waals surface area (Å²) >= 11 is 6.29. The summed E-state index contributed by atoms with van der Waals surface area (Å²) in [6.45, 7) is -1.70. The van der Waals surface area contributed by atoms with Crippen LogP contribution in [-0.2, 0) is 27.0 Å². The largest absolute Gasteiger partial charge is 0.490 e. The average Bonchev–Trinajstić information content (AvgIpc) is 3.79. The molecule has 0 saturated heterocycles. The lowest BCUT2D eigenvalue weighted by molar-refractivity contribution is -0.121. The highest BCUT2D eigenvalue weighted by Gasteiger charge is 2.48. The Morgan fingerprint density at radius 2 is 1.84 bits per heavy atom. The van der Waals surface area contributed by atoms with E-state index in [0.29, 0.717) is 5.56 Å². The number of nitrogens with one attached hydrogen (secondary N) is 1. The lowest BCUT2D eigenvalue weighted by Gasteiger charge is -2.22. The first-order valence-corrected chi connectivity index (χ1v) is 13.6. The van der Waals surface area contributed by atoms with Gasteiger partial charge in [0.05, 0.1) is 23.2 Å². The maximum absolute atomic E-state index is 12.5. The molecule has 5 rings (SSSR count). The van der Waals surface area contributed by atoms with Crippen LogP contribution in [-0.4, -0.2) is 32.2 Å². The summed E-state index contributed by atoms with van der Waals surface area (Å²) in [5.41, 5.74) is 2.45. The predicted octanol–water partition coefficient (Wildman–Crippen LogP) is 5.99. The van der Waals surface area contributed by atoms with E-state index in [0.717, 1.165) is 54.2 Å². The third-order valence-corrected chi connectivity index (χ3v) is 8.07. The molecule has 0 atom stereocenters. The molecule has 0 spiro atoms. The molecule has 2 aromatic carbocycles. The smallest absolute Gasteiger partial charge is 0.402 e. The Hall–Kier alpha value is -2.66. The fourth-order valence-corrected chi connectivity index (χ4v) is 5.30. The van der Waals surface area contributed by atoms with E-state index in [4.69, 9.17) is 21.1 Å². The molecule has 11 heteroatoms. The summed E-state index contributed by atoms with van der Waals surface area (Å²) in [5, 5.41) is 0.250. The number of pyridine rings is 1. The summed E-state index contributed by atoms with van der Waals surface area (Å²) in [5.74, 6) is 0.792. The summed E-state index contributed by atoms with van der Waals surface area (Å²) in [6, 6.07) is 13.5. The van der Waals surface area contributed by atoms with Crippen molar-refractivity contribution in [1.82, 2.24) is 9.71 Å². The molecule has 0 amide bonds. The number of rotatable bonds is 10. The summed E-state index contributed by atoms with van der Waals surface area (Å²) in [6.07, 6.45) is 2.54. The van der Waals surface area contributed by atoms with E-state index in [-0.39, 0.29) is 22.6 Å². The van der Waals surface area contributed by atoms with Crippen LogP contribution >= 0.6 is 11.6 Å². The van der Waals surface area contributed by atoms with Crippen molar-refractivity contribution in [3.8, 4) is 16.9 Å². The zero-order valence-electron chi connectivity index (χ0n) is 19.6. The minimum atomic E-state index is -4.67. The van der Waals surface area contributed by atoms with Crippen LogP contribution in [0.5, 0.6) is 5.75 Å². The molecular weight excluding hydrogens is 529 g/mol. The van der Waals surface area contributed by atoms with Crippen molar-refractivity contribution in [3.05, 3.63) is 77.1 Å². The third-order valence-electron chi connectivity index (χ3n) is 6.31. The van der Waals surface area contributed by atoms with Gasteiger partial charge in [0, 0.05) is 28.5 Å². The first-order chi connectivity index (χ1) is 17.6. The lowest BCUT2D eigenvalue weighted by atomic mass is 9.96. The number of alkyl halides is 3. The molecule has 0 unspecified atom stereocenters. The second kappa shape index (κ2) is 9.90. The molecule has 1 aromatic heterocycles. The molecule has 3 aromatic rings. The monoisotopic (exact) mass is 552 g/mol. The average molecular weight is 553 g/mol. The van der Waals surface area contributed by atoms with E-state index >= 15 is 0 Å². The molecule has 1 N–H and O–H groups in total. The predicted molar refractivity (Wildman–Crippen MR) is 132 cm³/mol. The fourth-order valence-electron chi connectivity index (χ4n) is 4.06. The number of hydrogen-bond acceptors (Lipinski definition) is 5. The second-order valence-corrected chi connectivity index (χ2v) is 11.4. The van der Waals surface area contributed by atoms with Gasteiger partial charge in [0.2, 0.25) is 10.0 Å². The first kappa shape index (κ1) is 26.0. The minimum absolute atomic E-state index is 0.0317. The Kier molecular flexibility index (Phi) is 6.95. The van der Waals surface area contributed by atoms with E-state index in [1.165, 1.54) is 12.1 Å². The maximum Gasteiger partial charge on any atom is 0.402 e. The van der Waals surface area contributed by atoms with Crippen LogP contribution in [0.1, 0.15) is 36.8 Å². The Labute approximate surface area is 217 Å². The number of para-hydroxylation sites is 1. The van der Waals surface area contributed by atoms with Gasteiger partial charge in [0.25, 0.3) is 0 Å². The molecule has 37 heavy (non-hydrogen) atoms. The lowest BCUT2D eigenvalue weighted by Crippen LogP contribution is -2.33. The number of aromatic nitrogens is 1. The molecular formula is C26H24ClF3N2O4S. The van der Waals surface area contributed by atoms with Crippen LogP contribution in [0.25, 0.3) is 11.1 Å². The molecule has 0 aliphatic heterocycles. The van der Waals surface area contributed by atoms with Crippen LogP contribution < -0.4 is 9.46 Å². The van der Waals surface area contributed by atoms with Crippen molar-refractivity contribution >= 4 is 21.6 Å². The van der Waals surface area contributed by atoms with Crippen LogP contribution in [0, 0.1) is 0 Å². The summed E-state index contributed by atoms with van der Waals surface area (Å²) in [4.78, 5) is 3.99. The number of benzene rings is 2. The number of nitrogens with zero attached hydrogens (tertiary/aromatic N) is 1. The van der Waals surface area contributed by atoms with Crippen LogP contribution in [0.3, 0.4) is 0 Å². The highest BCUT2D eigenvalue weighted by atomic mass is 35.5. The molecule has 196 valence electrons. The van der Waals surface area contributed by atoms with E-state index in [2.05, 4.69) is 4.98 Å². The Morgan fingerprint density at radius 3 is 2.54 bits per heavy atom. The molecule has 1 heterocycles. The minimum Gasteiger partial charge on any atom is -0.490 e. The molecule has 2 aliphatic rings. The van der Waals surface area contributed by atoms with Gasteiger partial charge in [-0.1, -0.05) is 29.8 Å². The van der Waals surface area contributed by atoms with Gasteiger partial charge in [0.15, 0.2) is 0 Å². The topological polar surface area (TPSA) is 77.5 Å². The second-order valence-electron chi connectivity index (χ2n) is 9.21. The fraction of sp³-hybridized carbons (Fsp3) is 0.346. The van der Waals surface area contributed by atoms with Gasteiger partial charge in [-0.05, 0) is 67.1 Å². The number of ether oxygens (including phenoxy) is 2. The van der Waals surface area contributed by atoms with Crippen LogP contribution in [0.2, 0.25) is 5.02 Å². The Bertz CT molecular complexity index is 1410. The molecule has 0 bridgehead atoms. The van der Waals surface area contributed by atoms with Crippen molar-refractivity contribution in [3.63, 3.8) is 0 Å². The van der Waals surface area contributed by atoms with E-state index < -0.39 is 28.3 Å². The molecule has 0 radical (unpaired) electrons. The van der Waals surface area contributed by atoms with Crippen LogP contribution in [0.15, 0.2) is 65.8 Å². The molecule has 6 nitrogen and oxygen atoms in total. The zero-order chi connectivity index (χ0) is 26.3. The summed E-state index contributed by atoms with van der Waals surface area (Å²) < 4.78 is 76.3. The number of sulfonamides is 1. The van der Waals surface area contributed by atoms with Crippen molar-refractivity contribution in [1.29, 1.82) is 0 Å². The Morgan fingerprint density at radius 1 is 1.08 bits per heavy atom. The number of halogens is 4. The van der Waals surface area contributed by atoms with Crippen LogP contribution in [0.4, 0.5) is 13.2 Å². The van der Waals surface area contributed by atoms with Crippen molar-refractivity contribution < 1.29 is 31.1 Å². The van der Waals surface area contributed by atoms with Gasteiger partial charge >= 0.3 is 6.18 Å². The van der Waals surface area contributed by atoms with Gasteiger partial charge in [-0.3, -0.25) is 4.98 Å². The van der Waals surface area contributed by atoms with Crippen molar-refractivity contribution in [2.45, 2.75) is 55.1 Å². The quantitative estimate of drug-likeness (QED) is 0.334. The SMILES string of the molecule is O=S(=O)(NCC(F)(F)F)c1ccc(Cl)c(COC2(c3cnccc3-c3ccccc3OC3CC3)CC2)c1. The van der Waals surface area contributed by atoms with Gasteiger partial charge in [-0.2, -0.15) is 13.2 Å². The standard InChI is InChI=1S/C26H24ClF3N2O4S/c27-23-8-7-19(37(33,34)32-16-26(28,29)30)13-17(23)15-35-25(10-11-25)22-14-31-12-9-20(22)21-3-1-2-4-24(21)36-18-5-6-18/h1-4,7-9,12-14,18,32H,5-6,10-11,15-16H2. The van der Waals surface area contributed by atoms with Gasteiger partial charge < -0.3 is 9.47 Å². The molecule has 2 aliphatic carbocycles. The van der Waals surface area contributed by atoms with Crippen molar-refractivity contribution in [2.24, 2.45) is 0 Å². The van der Waals surface area contributed by atoms with Gasteiger partial charge in [0.1, 0.15) is 12.3 Å². The highest BCUT2D eigenvalue weighted by Crippen LogP contribution is 2.53. The maximum atomic E-state index is 12.5. The molecule has 2 saturated carbocycles. The van der Waals surface area contributed by atoms with E-state index in [1.54, 1.807) is 17.1 Å². The van der Waals surface area contributed by atoms with Gasteiger partial charge in [-0.15, -0.1) is 0 Å². The summed E-state index contributed by atoms with van der Waals surface area (Å²) in [7, 11) is -4.38. The normalized spacial score (nSPS) is 17.0. The number of hydrogen-bond donors (Lipinski definition) is 1. The highest BCUT2D eigenvalue weighted by molar-refractivity contribution is 7.89. The van der Waals surface area contributed by atoms with Gasteiger partial charge in [-0.25, -0.2) is 13.1 Å². The van der Waals surface area contributed by atoms with E-state index in [1.807, 2.05) is 30.3 Å². The first-order valence-electron chi connectivity index (χ1n) is 11.8. The Balaban J connectivity index is 1.38. The zero-order valence-corrected chi connectivity index (χ0v) is 21.2. The van der Waals surface area contributed by atoms with E-state index in [9.17, 15) is 21.6 Å².